The number of hydrogen-bond donors (Lipinski definition) is 2. The van der Waals surface area contributed by atoms with Crippen molar-refractivity contribution in [3.05, 3.63) is 23.8 Å². The van der Waals surface area contributed by atoms with Crippen molar-refractivity contribution in [1.29, 1.82) is 0 Å². The smallest absolute Gasteiger partial charge is 0.231 e. The molecule has 2 N–H and O–H groups in total. The molecule has 1 atom stereocenters. The topological polar surface area (TPSA) is 73.3 Å². The highest BCUT2D eigenvalue weighted by Crippen LogP contribution is 2.40. The van der Waals surface area contributed by atoms with Crippen molar-refractivity contribution in [1.82, 2.24) is 10.6 Å². The molecule has 0 spiro atoms. The van der Waals surface area contributed by atoms with Crippen LogP contribution in [0.1, 0.15) is 31.2 Å². The summed E-state index contributed by atoms with van der Waals surface area (Å²) in [6.45, 7) is 4.27. The van der Waals surface area contributed by atoms with Gasteiger partial charge in [0.15, 0.2) is 17.5 Å². The number of benzene rings is 1. The van der Waals surface area contributed by atoms with Gasteiger partial charge in [-0.05, 0) is 43.4 Å². The number of nitrogens with one attached hydrogen (secondary N) is 2. The molecule has 7 nitrogen and oxygen atoms in total. The Kier molecular flexibility index (Phi) is 7.64. The first-order chi connectivity index (χ1) is 13.3. The fraction of sp³-hybridized carbons (Fsp3) is 0.650. The number of rotatable bonds is 5. The zero-order chi connectivity index (χ0) is 18.5. The summed E-state index contributed by atoms with van der Waals surface area (Å²) in [6, 6.07) is 6.29. The fourth-order valence-electron chi connectivity index (χ4n) is 4.05. The third-order valence-electron chi connectivity index (χ3n) is 5.77. The molecule has 3 aliphatic heterocycles. The summed E-state index contributed by atoms with van der Waals surface area (Å²) in [7, 11) is 1.81. The molecule has 0 aromatic heterocycles. The summed E-state index contributed by atoms with van der Waals surface area (Å²) in [5.74, 6) is 2.47. The Balaban J connectivity index is 0.00000225. The normalized spacial score (nSPS) is 23.2. The van der Waals surface area contributed by atoms with Gasteiger partial charge in [-0.1, -0.05) is 6.07 Å². The van der Waals surface area contributed by atoms with Gasteiger partial charge >= 0.3 is 0 Å². The van der Waals surface area contributed by atoms with E-state index in [9.17, 15) is 0 Å². The highest BCUT2D eigenvalue weighted by Gasteiger charge is 2.36. The van der Waals surface area contributed by atoms with E-state index in [1.807, 2.05) is 13.1 Å². The molecule has 0 aliphatic carbocycles. The lowest BCUT2D eigenvalue weighted by Gasteiger charge is -2.38. The predicted molar refractivity (Wildman–Crippen MR) is 118 cm³/mol. The van der Waals surface area contributed by atoms with Gasteiger partial charge < -0.3 is 29.6 Å². The summed E-state index contributed by atoms with van der Waals surface area (Å²) in [6.07, 6.45) is 4.47. The summed E-state index contributed by atoms with van der Waals surface area (Å²) >= 11 is 0. The zero-order valence-corrected chi connectivity index (χ0v) is 18.7. The SMILES string of the molecule is CN=C(NCC1CCCO1)NCC1(c2ccc3c(c2)OCO3)CCOCC1.I. The highest BCUT2D eigenvalue weighted by molar-refractivity contribution is 14.0. The van der Waals surface area contributed by atoms with Crippen LogP contribution in [0.4, 0.5) is 0 Å². The molecular weight excluding hydrogens is 473 g/mol. The van der Waals surface area contributed by atoms with Gasteiger partial charge in [0, 0.05) is 45.4 Å². The summed E-state index contributed by atoms with van der Waals surface area (Å²) in [5.41, 5.74) is 1.25. The molecule has 0 bridgehead atoms. The Morgan fingerprint density at radius 3 is 2.71 bits per heavy atom. The molecule has 1 aromatic carbocycles. The number of aliphatic imine (C=N–C) groups is 1. The molecule has 0 amide bonds. The van der Waals surface area contributed by atoms with Gasteiger partial charge in [-0.3, -0.25) is 4.99 Å². The Bertz CT molecular complexity index is 673. The minimum Gasteiger partial charge on any atom is -0.454 e. The van der Waals surface area contributed by atoms with Crippen molar-refractivity contribution in [2.75, 3.05) is 46.8 Å². The number of guanidine groups is 1. The Hall–Kier alpha value is -1.26. The average molecular weight is 503 g/mol. The van der Waals surface area contributed by atoms with E-state index in [2.05, 4.69) is 27.8 Å². The van der Waals surface area contributed by atoms with Crippen molar-refractivity contribution < 1.29 is 18.9 Å². The Labute approximate surface area is 183 Å². The van der Waals surface area contributed by atoms with Crippen LogP contribution in [0.5, 0.6) is 11.5 Å². The van der Waals surface area contributed by atoms with Crippen LogP contribution >= 0.6 is 24.0 Å². The maximum absolute atomic E-state index is 5.69. The molecular formula is C20H30IN3O4. The van der Waals surface area contributed by atoms with Crippen LogP contribution in [-0.4, -0.2) is 58.8 Å². The quantitative estimate of drug-likeness (QED) is 0.366. The van der Waals surface area contributed by atoms with E-state index in [0.29, 0.717) is 6.79 Å². The van der Waals surface area contributed by atoms with Crippen LogP contribution in [0.25, 0.3) is 0 Å². The molecule has 2 fully saturated rings. The molecule has 156 valence electrons. The van der Waals surface area contributed by atoms with Crippen LogP contribution in [0.15, 0.2) is 23.2 Å². The molecule has 3 heterocycles. The maximum Gasteiger partial charge on any atom is 0.231 e. The molecule has 4 rings (SSSR count). The first-order valence-corrected chi connectivity index (χ1v) is 9.83. The zero-order valence-electron chi connectivity index (χ0n) is 16.4. The van der Waals surface area contributed by atoms with Gasteiger partial charge in [0.25, 0.3) is 0 Å². The second-order valence-electron chi connectivity index (χ2n) is 7.40. The van der Waals surface area contributed by atoms with E-state index < -0.39 is 0 Å². The second-order valence-corrected chi connectivity index (χ2v) is 7.40. The van der Waals surface area contributed by atoms with Crippen LogP contribution < -0.4 is 20.1 Å². The molecule has 2 saturated heterocycles. The summed E-state index contributed by atoms with van der Waals surface area (Å²) in [4.78, 5) is 4.38. The van der Waals surface area contributed by atoms with E-state index in [0.717, 1.165) is 76.1 Å². The first kappa shape index (κ1) is 21.4. The molecule has 3 aliphatic rings. The summed E-state index contributed by atoms with van der Waals surface area (Å²) in [5, 5.41) is 6.93. The van der Waals surface area contributed by atoms with E-state index in [1.165, 1.54) is 5.56 Å². The van der Waals surface area contributed by atoms with Crippen LogP contribution in [0.2, 0.25) is 0 Å². The minimum atomic E-state index is -0.0132. The van der Waals surface area contributed by atoms with Crippen LogP contribution in [0, 0.1) is 0 Å². The molecule has 0 radical (unpaired) electrons. The maximum atomic E-state index is 5.69. The lowest BCUT2D eigenvalue weighted by molar-refractivity contribution is 0.0513. The highest BCUT2D eigenvalue weighted by atomic mass is 127. The van der Waals surface area contributed by atoms with Crippen molar-refractivity contribution in [2.45, 2.75) is 37.2 Å². The van der Waals surface area contributed by atoms with E-state index in [1.54, 1.807) is 0 Å². The van der Waals surface area contributed by atoms with Gasteiger partial charge in [-0.15, -0.1) is 24.0 Å². The number of hydrogen-bond acceptors (Lipinski definition) is 5. The molecule has 0 saturated carbocycles. The van der Waals surface area contributed by atoms with Gasteiger partial charge in [-0.25, -0.2) is 0 Å². The van der Waals surface area contributed by atoms with Gasteiger partial charge in [0.2, 0.25) is 6.79 Å². The lowest BCUT2D eigenvalue weighted by Crippen LogP contribution is -2.49. The number of fused-ring (bicyclic) bond motifs is 1. The molecule has 28 heavy (non-hydrogen) atoms. The largest absolute Gasteiger partial charge is 0.454 e. The summed E-state index contributed by atoms with van der Waals surface area (Å²) < 4.78 is 22.4. The van der Waals surface area contributed by atoms with Crippen LogP contribution in [0.3, 0.4) is 0 Å². The van der Waals surface area contributed by atoms with Crippen molar-refractivity contribution in [3.63, 3.8) is 0 Å². The van der Waals surface area contributed by atoms with Crippen LogP contribution in [-0.2, 0) is 14.9 Å². The monoisotopic (exact) mass is 503 g/mol. The van der Waals surface area contributed by atoms with Crippen molar-refractivity contribution in [2.24, 2.45) is 4.99 Å². The Morgan fingerprint density at radius 1 is 1.14 bits per heavy atom. The minimum absolute atomic E-state index is 0. The molecule has 1 unspecified atom stereocenters. The van der Waals surface area contributed by atoms with Crippen molar-refractivity contribution in [3.8, 4) is 11.5 Å². The average Bonchev–Trinajstić information content (AvgIpc) is 3.40. The second kappa shape index (κ2) is 9.98. The van der Waals surface area contributed by atoms with E-state index >= 15 is 0 Å². The number of nitrogens with zero attached hydrogens (tertiary/aromatic N) is 1. The third-order valence-corrected chi connectivity index (χ3v) is 5.77. The van der Waals surface area contributed by atoms with Gasteiger partial charge in [0.1, 0.15) is 0 Å². The first-order valence-electron chi connectivity index (χ1n) is 9.83. The predicted octanol–water partition coefficient (Wildman–Crippen LogP) is 2.43. The van der Waals surface area contributed by atoms with Crippen molar-refractivity contribution >= 4 is 29.9 Å². The number of halogens is 1. The molecule has 1 aromatic rings. The number of ether oxygens (including phenoxy) is 4. The van der Waals surface area contributed by atoms with Gasteiger partial charge in [-0.2, -0.15) is 0 Å². The lowest BCUT2D eigenvalue weighted by atomic mass is 9.74. The Morgan fingerprint density at radius 2 is 1.96 bits per heavy atom. The van der Waals surface area contributed by atoms with E-state index in [-0.39, 0.29) is 35.5 Å². The third kappa shape index (κ3) is 4.83. The fourth-order valence-corrected chi connectivity index (χ4v) is 4.05. The van der Waals surface area contributed by atoms with Gasteiger partial charge in [0.05, 0.1) is 6.10 Å². The van der Waals surface area contributed by atoms with E-state index in [4.69, 9.17) is 18.9 Å². The molecule has 8 heteroatoms. The standard InChI is InChI=1S/C20H29N3O4.HI/c1-21-19(22-12-16-3-2-8-25-16)23-13-20(6-9-24-10-7-20)15-4-5-17-18(11-15)27-14-26-17;/h4-5,11,16H,2-3,6-10,12-14H2,1H3,(H2,21,22,23);1H.